The van der Waals surface area contributed by atoms with Crippen molar-refractivity contribution in [2.45, 2.75) is 27.2 Å². The number of hydrogen-bond acceptors (Lipinski definition) is 2. The summed E-state index contributed by atoms with van der Waals surface area (Å²) in [6, 6.07) is 0. The quantitative estimate of drug-likeness (QED) is 0.665. The highest BCUT2D eigenvalue weighted by molar-refractivity contribution is 5.39. The van der Waals surface area contributed by atoms with E-state index in [1.165, 1.54) is 0 Å². The van der Waals surface area contributed by atoms with Crippen LogP contribution in [-0.2, 0) is 6.42 Å². The van der Waals surface area contributed by atoms with Gasteiger partial charge in [0, 0.05) is 6.20 Å². The van der Waals surface area contributed by atoms with Crippen LogP contribution in [0.25, 0.3) is 0 Å². The fraction of sp³-hybridized carbons (Fsp3) is 0.444. The van der Waals surface area contributed by atoms with Gasteiger partial charge < -0.3 is 5.11 Å². The largest absolute Gasteiger partial charge is 0.506 e. The summed E-state index contributed by atoms with van der Waals surface area (Å²) < 4.78 is 0. The number of hydrogen-bond donors (Lipinski definition) is 1. The molecule has 0 radical (unpaired) electrons. The standard InChI is InChI=1S/C9H13NO/c1-4-8-5-10-7(3)9(11)6(8)2/h5,11H,4H2,1-3H3. The molecule has 11 heavy (non-hydrogen) atoms. The predicted octanol–water partition coefficient (Wildman–Crippen LogP) is 1.97. The van der Waals surface area contributed by atoms with Crippen LogP contribution in [0.1, 0.15) is 23.7 Å². The van der Waals surface area contributed by atoms with Gasteiger partial charge in [-0.25, -0.2) is 0 Å². The Morgan fingerprint density at radius 1 is 1.45 bits per heavy atom. The Morgan fingerprint density at radius 2 is 2.09 bits per heavy atom. The molecule has 0 aliphatic carbocycles. The highest BCUT2D eigenvalue weighted by Gasteiger charge is 2.04. The summed E-state index contributed by atoms with van der Waals surface area (Å²) in [5, 5.41) is 9.46. The Hall–Kier alpha value is -1.05. The highest BCUT2D eigenvalue weighted by atomic mass is 16.3. The molecule has 0 bridgehead atoms. The van der Waals surface area contributed by atoms with Gasteiger partial charge in [-0.05, 0) is 31.4 Å². The molecule has 1 rings (SSSR count). The fourth-order valence-corrected chi connectivity index (χ4v) is 1.11. The molecule has 1 N–H and O–H groups in total. The average Bonchev–Trinajstić information content (AvgIpc) is 2.01. The second-order valence-corrected chi connectivity index (χ2v) is 2.70. The van der Waals surface area contributed by atoms with Gasteiger partial charge in [0.05, 0.1) is 5.69 Å². The van der Waals surface area contributed by atoms with Crippen LogP contribution in [0.4, 0.5) is 0 Å². The molecule has 0 spiro atoms. The molecule has 1 aromatic heterocycles. The van der Waals surface area contributed by atoms with Gasteiger partial charge in [0.1, 0.15) is 5.75 Å². The first-order chi connectivity index (χ1) is 5.16. The third-order valence-electron chi connectivity index (χ3n) is 1.97. The second-order valence-electron chi connectivity index (χ2n) is 2.70. The summed E-state index contributed by atoms with van der Waals surface area (Å²) in [4.78, 5) is 4.06. The van der Waals surface area contributed by atoms with Crippen molar-refractivity contribution in [3.63, 3.8) is 0 Å². The van der Waals surface area contributed by atoms with E-state index in [1.807, 2.05) is 20.0 Å². The van der Waals surface area contributed by atoms with Gasteiger partial charge in [-0.2, -0.15) is 0 Å². The lowest BCUT2D eigenvalue weighted by Gasteiger charge is -2.05. The molecule has 1 aromatic rings. The smallest absolute Gasteiger partial charge is 0.139 e. The minimum atomic E-state index is 0.337. The maximum Gasteiger partial charge on any atom is 0.139 e. The SMILES string of the molecule is CCc1cnc(C)c(O)c1C. The van der Waals surface area contributed by atoms with Crippen molar-refractivity contribution in [3.8, 4) is 5.75 Å². The summed E-state index contributed by atoms with van der Waals surface area (Å²) >= 11 is 0. The van der Waals surface area contributed by atoms with Crippen LogP contribution in [-0.4, -0.2) is 10.1 Å². The first-order valence-corrected chi connectivity index (χ1v) is 3.80. The molecule has 2 nitrogen and oxygen atoms in total. The van der Waals surface area contributed by atoms with E-state index in [1.54, 1.807) is 0 Å². The summed E-state index contributed by atoms with van der Waals surface area (Å²) in [5.41, 5.74) is 2.79. The molecule has 0 unspecified atom stereocenters. The van der Waals surface area contributed by atoms with Crippen molar-refractivity contribution in [3.05, 3.63) is 23.0 Å². The Morgan fingerprint density at radius 3 is 2.64 bits per heavy atom. The van der Waals surface area contributed by atoms with Crippen molar-refractivity contribution in [1.29, 1.82) is 0 Å². The molecule has 0 fully saturated rings. The lowest BCUT2D eigenvalue weighted by atomic mass is 10.1. The minimum absolute atomic E-state index is 0.337. The van der Waals surface area contributed by atoms with Crippen LogP contribution in [0.15, 0.2) is 6.20 Å². The maximum absolute atomic E-state index is 9.46. The Labute approximate surface area is 66.9 Å². The number of aromatic nitrogens is 1. The molecular weight excluding hydrogens is 138 g/mol. The lowest BCUT2D eigenvalue weighted by molar-refractivity contribution is 0.462. The zero-order valence-electron chi connectivity index (χ0n) is 7.18. The predicted molar refractivity (Wildman–Crippen MR) is 44.8 cm³/mol. The number of pyridine rings is 1. The van der Waals surface area contributed by atoms with Gasteiger partial charge in [-0.1, -0.05) is 6.92 Å². The molecule has 60 valence electrons. The van der Waals surface area contributed by atoms with Gasteiger partial charge in [0.15, 0.2) is 0 Å². The van der Waals surface area contributed by atoms with Crippen molar-refractivity contribution in [2.75, 3.05) is 0 Å². The van der Waals surface area contributed by atoms with E-state index in [9.17, 15) is 5.11 Å². The molecule has 2 heteroatoms. The first-order valence-electron chi connectivity index (χ1n) is 3.80. The van der Waals surface area contributed by atoms with Crippen LogP contribution in [0.2, 0.25) is 0 Å². The third-order valence-corrected chi connectivity index (χ3v) is 1.97. The molecule has 0 aliphatic rings. The average molecular weight is 151 g/mol. The topological polar surface area (TPSA) is 33.1 Å². The highest BCUT2D eigenvalue weighted by Crippen LogP contribution is 2.22. The van der Waals surface area contributed by atoms with Gasteiger partial charge >= 0.3 is 0 Å². The van der Waals surface area contributed by atoms with Crippen LogP contribution in [0.3, 0.4) is 0 Å². The van der Waals surface area contributed by atoms with E-state index in [0.717, 1.165) is 17.5 Å². The Bertz CT molecular complexity index is 269. The summed E-state index contributed by atoms with van der Waals surface area (Å²) in [6.45, 7) is 5.78. The van der Waals surface area contributed by atoms with E-state index in [4.69, 9.17) is 0 Å². The molecule has 0 aliphatic heterocycles. The lowest BCUT2D eigenvalue weighted by Crippen LogP contribution is -1.92. The van der Waals surface area contributed by atoms with Gasteiger partial charge in [-0.15, -0.1) is 0 Å². The summed E-state index contributed by atoms with van der Waals surface area (Å²) in [7, 11) is 0. The molecule has 0 aromatic carbocycles. The van der Waals surface area contributed by atoms with E-state index in [2.05, 4.69) is 11.9 Å². The fourth-order valence-electron chi connectivity index (χ4n) is 1.11. The normalized spacial score (nSPS) is 10.1. The maximum atomic E-state index is 9.46. The molecule has 0 saturated carbocycles. The van der Waals surface area contributed by atoms with E-state index in [-0.39, 0.29) is 0 Å². The summed E-state index contributed by atoms with van der Waals surface area (Å²) in [5.74, 6) is 0.337. The van der Waals surface area contributed by atoms with Crippen molar-refractivity contribution < 1.29 is 5.11 Å². The van der Waals surface area contributed by atoms with Crippen molar-refractivity contribution in [2.24, 2.45) is 0 Å². The molecule has 0 saturated heterocycles. The molecular formula is C9H13NO. The first kappa shape index (κ1) is 8.05. The van der Waals surface area contributed by atoms with Gasteiger partial charge in [-0.3, -0.25) is 4.98 Å². The third kappa shape index (κ3) is 1.34. The zero-order valence-corrected chi connectivity index (χ0v) is 7.18. The number of rotatable bonds is 1. The second kappa shape index (κ2) is 2.91. The molecule has 1 heterocycles. The van der Waals surface area contributed by atoms with Crippen LogP contribution in [0.5, 0.6) is 5.75 Å². The van der Waals surface area contributed by atoms with E-state index in [0.29, 0.717) is 11.4 Å². The minimum Gasteiger partial charge on any atom is -0.506 e. The van der Waals surface area contributed by atoms with E-state index < -0.39 is 0 Å². The number of aromatic hydroxyl groups is 1. The van der Waals surface area contributed by atoms with Crippen LogP contribution >= 0.6 is 0 Å². The monoisotopic (exact) mass is 151 g/mol. The summed E-state index contributed by atoms with van der Waals surface area (Å²) in [6.07, 6.45) is 2.75. The van der Waals surface area contributed by atoms with Gasteiger partial charge in [0.2, 0.25) is 0 Å². The van der Waals surface area contributed by atoms with Crippen molar-refractivity contribution in [1.82, 2.24) is 4.98 Å². The van der Waals surface area contributed by atoms with Crippen LogP contribution < -0.4 is 0 Å². The van der Waals surface area contributed by atoms with Crippen LogP contribution in [0, 0.1) is 13.8 Å². The zero-order chi connectivity index (χ0) is 8.43. The van der Waals surface area contributed by atoms with Crippen molar-refractivity contribution >= 4 is 0 Å². The number of aryl methyl sites for hydroxylation is 2. The van der Waals surface area contributed by atoms with E-state index >= 15 is 0 Å². The Balaban J connectivity index is 3.25. The molecule has 0 amide bonds. The number of nitrogens with zero attached hydrogens (tertiary/aromatic N) is 1. The Kier molecular flexibility index (Phi) is 2.13. The molecule has 0 atom stereocenters. The van der Waals surface area contributed by atoms with Gasteiger partial charge in [0.25, 0.3) is 0 Å².